The highest BCUT2D eigenvalue weighted by molar-refractivity contribution is 6.24. The first kappa shape index (κ1) is 9.04. The molecule has 1 aliphatic carbocycles. The molecule has 2 rings (SSSR count). The molecule has 1 saturated carbocycles. The van der Waals surface area contributed by atoms with Gasteiger partial charge < -0.3 is 5.11 Å². The van der Waals surface area contributed by atoms with Crippen LogP contribution < -0.4 is 0 Å². The van der Waals surface area contributed by atoms with Gasteiger partial charge in [-0.1, -0.05) is 37.3 Å². The number of aliphatic hydroxyl groups excluding tert-OH is 1. The highest BCUT2D eigenvalue weighted by Crippen LogP contribution is 2.61. The average molecular weight is 197 g/mol. The van der Waals surface area contributed by atoms with Crippen molar-refractivity contribution in [1.82, 2.24) is 0 Å². The molecule has 1 aromatic carbocycles. The molecule has 1 aliphatic rings. The van der Waals surface area contributed by atoms with Crippen LogP contribution in [0.1, 0.15) is 18.4 Å². The Morgan fingerprint density at radius 1 is 1.38 bits per heavy atom. The first-order chi connectivity index (χ1) is 6.20. The summed E-state index contributed by atoms with van der Waals surface area (Å²) in [6.07, 6.45) is 0. The van der Waals surface area contributed by atoms with Gasteiger partial charge in [0, 0.05) is 16.7 Å². The maximum Gasteiger partial charge on any atom is 0.0505 e. The van der Waals surface area contributed by atoms with Crippen molar-refractivity contribution in [2.24, 2.45) is 5.41 Å². The molecule has 1 aromatic rings. The van der Waals surface area contributed by atoms with Gasteiger partial charge in [-0.3, -0.25) is 0 Å². The maximum absolute atomic E-state index is 9.18. The van der Waals surface area contributed by atoms with Crippen molar-refractivity contribution in [2.45, 2.75) is 18.2 Å². The molecule has 70 valence electrons. The normalized spacial score (nSPS) is 37.5. The van der Waals surface area contributed by atoms with Crippen LogP contribution in [0.4, 0.5) is 0 Å². The molecule has 0 aromatic heterocycles. The van der Waals surface area contributed by atoms with Gasteiger partial charge in [0.2, 0.25) is 0 Å². The van der Waals surface area contributed by atoms with Crippen molar-refractivity contribution >= 4 is 11.6 Å². The number of hydrogen-bond acceptors (Lipinski definition) is 1. The fourth-order valence-corrected chi connectivity index (χ4v) is 2.47. The predicted molar refractivity (Wildman–Crippen MR) is 54.0 cm³/mol. The van der Waals surface area contributed by atoms with Crippen molar-refractivity contribution in [2.75, 3.05) is 6.61 Å². The first-order valence-electron chi connectivity index (χ1n) is 4.50. The Hall–Kier alpha value is -0.530. The number of aliphatic hydroxyl groups is 1. The lowest BCUT2D eigenvalue weighted by Crippen LogP contribution is -2.05. The fourth-order valence-electron chi connectivity index (χ4n) is 1.90. The minimum atomic E-state index is -0.108. The van der Waals surface area contributed by atoms with Crippen LogP contribution in [-0.2, 0) is 0 Å². The SMILES string of the molecule is C[C@]1(CO)[C@H](Cl)[C@H]1c1ccccc1. The molecule has 13 heavy (non-hydrogen) atoms. The summed E-state index contributed by atoms with van der Waals surface area (Å²) in [4.78, 5) is 0. The van der Waals surface area contributed by atoms with E-state index >= 15 is 0 Å². The largest absolute Gasteiger partial charge is 0.396 e. The van der Waals surface area contributed by atoms with Gasteiger partial charge in [0.1, 0.15) is 0 Å². The van der Waals surface area contributed by atoms with Gasteiger partial charge >= 0.3 is 0 Å². The third-order valence-corrected chi connectivity index (χ3v) is 3.77. The zero-order valence-electron chi connectivity index (χ0n) is 7.57. The minimum absolute atomic E-state index is 0.0832. The second-order valence-electron chi connectivity index (χ2n) is 3.95. The Labute approximate surface area is 83.3 Å². The Balaban J connectivity index is 2.23. The number of benzene rings is 1. The van der Waals surface area contributed by atoms with Crippen molar-refractivity contribution < 1.29 is 5.11 Å². The molecule has 0 saturated heterocycles. The summed E-state index contributed by atoms with van der Waals surface area (Å²) in [5.41, 5.74) is 1.13. The summed E-state index contributed by atoms with van der Waals surface area (Å²) < 4.78 is 0. The summed E-state index contributed by atoms with van der Waals surface area (Å²) in [6, 6.07) is 10.2. The molecular weight excluding hydrogens is 184 g/mol. The summed E-state index contributed by atoms with van der Waals surface area (Å²) in [6.45, 7) is 2.20. The van der Waals surface area contributed by atoms with Crippen molar-refractivity contribution in [1.29, 1.82) is 0 Å². The molecule has 1 N–H and O–H groups in total. The van der Waals surface area contributed by atoms with E-state index in [0.29, 0.717) is 5.92 Å². The van der Waals surface area contributed by atoms with Crippen molar-refractivity contribution in [3.8, 4) is 0 Å². The quantitative estimate of drug-likeness (QED) is 0.721. The van der Waals surface area contributed by atoms with Crippen molar-refractivity contribution in [3.05, 3.63) is 35.9 Å². The number of hydrogen-bond donors (Lipinski definition) is 1. The number of rotatable bonds is 2. The van der Waals surface area contributed by atoms with Crippen LogP contribution in [0.2, 0.25) is 0 Å². The van der Waals surface area contributed by atoms with E-state index in [2.05, 4.69) is 12.1 Å². The Kier molecular flexibility index (Phi) is 2.09. The Bertz CT molecular complexity index is 298. The van der Waals surface area contributed by atoms with Crippen LogP contribution in [0.5, 0.6) is 0 Å². The molecule has 0 spiro atoms. The van der Waals surface area contributed by atoms with E-state index in [1.54, 1.807) is 0 Å². The van der Waals surface area contributed by atoms with Gasteiger partial charge in [-0.25, -0.2) is 0 Å². The lowest BCUT2D eigenvalue weighted by molar-refractivity contribution is 0.220. The fraction of sp³-hybridized carbons (Fsp3) is 0.455. The minimum Gasteiger partial charge on any atom is -0.396 e. The number of halogens is 1. The van der Waals surface area contributed by atoms with Crippen LogP contribution in [0.25, 0.3) is 0 Å². The van der Waals surface area contributed by atoms with E-state index in [9.17, 15) is 5.11 Å². The maximum atomic E-state index is 9.18. The van der Waals surface area contributed by atoms with E-state index in [0.717, 1.165) is 0 Å². The second kappa shape index (κ2) is 3.00. The van der Waals surface area contributed by atoms with Gasteiger partial charge in [-0.05, 0) is 5.56 Å². The van der Waals surface area contributed by atoms with Crippen LogP contribution in [0.15, 0.2) is 30.3 Å². The van der Waals surface area contributed by atoms with E-state index < -0.39 is 0 Å². The zero-order valence-corrected chi connectivity index (χ0v) is 8.33. The van der Waals surface area contributed by atoms with E-state index in [1.807, 2.05) is 25.1 Å². The average Bonchev–Trinajstić information content (AvgIpc) is 2.72. The lowest BCUT2D eigenvalue weighted by atomic mass is 10.0. The third kappa shape index (κ3) is 1.27. The zero-order chi connectivity index (χ0) is 9.47. The monoisotopic (exact) mass is 196 g/mol. The van der Waals surface area contributed by atoms with Crippen molar-refractivity contribution in [3.63, 3.8) is 0 Å². The van der Waals surface area contributed by atoms with Gasteiger partial charge in [0.05, 0.1) is 6.61 Å². The van der Waals surface area contributed by atoms with Gasteiger partial charge in [0.25, 0.3) is 0 Å². The number of alkyl halides is 1. The topological polar surface area (TPSA) is 20.2 Å². The smallest absolute Gasteiger partial charge is 0.0505 e. The van der Waals surface area contributed by atoms with Crippen LogP contribution in [-0.4, -0.2) is 17.1 Å². The van der Waals surface area contributed by atoms with Gasteiger partial charge in [0.15, 0.2) is 0 Å². The van der Waals surface area contributed by atoms with E-state index in [-0.39, 0.29) is 17.4 Å². The summed E-state index contributed by atoms with van der Waals surface area (Å²) >= 11 is 6.13. The molecule has 0 unspecified atom stereocenters. The highest BCUT2D eigenvalue weighted by Gasteiger charge is 2.60. The lowest BCUT2D eigenvalue weighted by Gasteiger charge is -2.05. The summed E-state index contributed by atoms with van der Waals surface area (Å²) in [5.74, 6) is 0.320. The van der Waals surface area contributed by atoms with E-state index in [1.165, 1.54) is 5.56 Å². The molecule has 0 aliphatic heterocycles. The molecule has 1 nitrogen and oxygen atoms in total. The molecule has 0 bridgehead atoms. The Morgan fingerprint density at radius 3 is 2.46 bits per heavy atom. The predicted octanol–water partition coefficient (Wildman–Crippen LogP) is 2.39. The molecular formula is C11H13ClO. The molecule has 0 amide bonds. The van der Waals surface area contributed by atoms with E-state index in [4.69, 9.17) is 11.6 Å². The summed E-state index contributed by atoms with van der Waals surface area (Å²) in [5, 5.41) is 9.27. The van der Waals surface area contributed by atoms with Gasteiger partial charge in [-0.15, -0.1) is 11.6 Å². The highest BCUT2D eigenvalue weighted by atomic mass is 35.5. The second-order valence-corrected chi connectivity index (χ2v) is 4.42. The molecule has 3 atom stereocenters. The summed E-state index contributed by atoms with van der Waals surface area (Å²) in [7, 11) is 0. The van der Waals surface area contributed by atoms with Crippen LogP contribution >= 0.6 is 11.6 Å². The third-order valence-electron chi connectivity index (χ3n) is 3.02. The standard InChI is InChI=1S/C11H13ClO/c1-11(7-13)9(10(11)12)8-5-3-2-4-6-8/h2-6,9-10,13H,7H2,1H3/t9-,10-,11-/m1/s1. The molecule has 1 fully saturated rings. The molecule has 2 heteroatoms. The Morgan fingerprint density at radius 2 is 2.00 bits per heavy atom. The van der Waals surface area contributed by atoms with Gasteiger partial charge in [-0.2, -0.15) is 0 Å². The van der Waals surface area contributed by atoms with Crippen LogP contribution in [0, 0.1) is 5.41 Å². The molecule has 0 heterocycles. The van der Waals surface area contributed by atoms with Crippen LogP contribution in [0.3, 0.4) is 0 Å². The first-order valence-corrected chi connectivity index (χ1v) is 4.93. The molecule has 0 radical (unpaired) electrons.